The molecule has 35 heavy (non-hydrogen) atoms. The number of allylic oxidation sites excluding steroid dienone is 4. The van der Waals surface area contributed by atoms with Gasteiger partial charge in [0.1, 0.15) is 0 Å². The molecule has 0 N–H and O–H groups in total. The second-order valence-corrected chi connectivity index (χ2v) is 7.69. The fraction of sp³-hybridized carbons (Fsp3) is 0.0588. The quantitative estimate of drug-likeness (QED) is 0.254. The number of benzene rings is 4. The van der Waals surface area contributed by atoms with Gasteiger partial charge in [-0.1, -0.05) is 131 Å². The summed E-state index contributed by atoms with van der Waals surface area (Å²) in [7, 11) is 0. The summed E-state index contributed by atoms with van der Waals surface area (Å²) in [4.78, 5) is 2.26. The topological polar surface area (TPSA) is 3.24 Å². The number of nitrogens with zero attached hydrogens (tertiary/aromatic N) is 1. The summed E-state index contributed by atoms with van der Waals surface area (Å²) in [6.45, 7) is 20.2. The summed E-state index contributed by atoms with van der Waals surface area (Å²) in [6, 6.07) is 31.5. The fourth-order valence-electron chi connectivity index (χ4n) is 4.12. The van der Waals surface area contributed by atoms with Crippen molar-refractivity contribution in [1.29, 1.82) is 0 Å². The molecular formula is C34H33N. The van der Waals surface area contributed by atoms with Crippen LogP contribution in [0.2, 0.25) is 0 Å². The van der Waals surface area contributed by atoms with Gasteiger partial charge in [0.05, 0.1) is 11.4 Å². The van der Waals surface area contributed by atoms with Gasteiger partial charge in [-0.15, -0.1) is 0 Å². The largest absolute Gasteiger partial charge is 0.309 e. The van der Waals surface area contributed by atoms with Crippen LogP contribution < -0.4 is 15.3 Å². The van der Waals surface area contributed by atoms with E-state index >= 15 is 0 Å². The first-order valence-electron chi connectivity index (χ1n) is 11.9. The molecule has 0 saturated heterocycles. The van der Waals surface area contributed by atoms with Crippen molar-refractivity contribution < 1.29 is 0 Å². The second-order valence-electron chi connectivity index (χ2n) is 7.69. The SMILES string of the molecule is C=C/C=C(\C=C)c1ccc(N(/C(C=C)=c2\ccccc2=C)c2cccc3ccccc23)cc1.CC. The number of hydrogen-bond acceptors (Lipinski definition) is 1. The maximum Gasteiger partial charge on any atom is 0.0540 e. The van der Waals surface area contributed by atoms with Gasteiger partial charge in [-0.3, -0.25) is 0 Å². The van der Waals surface area contributed by atoms with Crippen LogP contribution in [0.4, 0.5) is 11.4 Å². The van der Waals surface area contributed by atoms with Crippen molar-refractivity contribution in [2.24, 2.45) is 0 Å². The molecule has 0 aromatic heterocycles. The normalized spacial score (nSPS) is 11.7. The van der Waals surface area contributed by atoms with Crippen molar-refractivity contribution in [3.8, 4) is 0 Å². The average molecular weight is 456 g/mol. The van der Waals surface area contributed by atoms with Crippen molar-refractivity contribution >= 4 is 40.0 Å². The Labute approximate surface area is 209 Å². The van der Waals surface area contributed by atoms with Crippen LogP contribution in [-0.2, 0) is 0 Å². The third kappa shape index (κ3) is 5.42. The van der Waals surface area contributed by atoms with Gasteiger partial charge in [0, 0.05) is 16.3 Å². The smallest absolute Gasteiger partial charge is 0.0540 e. The second kappa shape index (κ2) is 12.2. The lowest BCUT2D eigenvalue weighted by atomic mass is 10.0. The molecule has 0 atom stereocenters. The van der Waals surface area contributed by atoms with E-state index in [2.05, 4.69) is 104 Å². The predicted molar refractivity (Wildman–Crippen MR) is 157 cm³/mol. The van der Waals surface area contributed by atoms with Gasteiger partial charge in [0.15, 0.2) is 0 Å². The first-order valence-corrected chi connectivity index (χ1v) is 11.9. The molecule has 1 heteroatoms. The van der Waals surface area contributed by atoms with E-state index in [-0.39, 0.29) is 0 Å². The zero-order valence-electron chi connectivity index (χ0n) is 20.7. The highest BCUT2D eigenvalue weighted by Crippen LogP contribution is 2.36. The molecule has 0 amide bonds. The van der Waals surface area contributed by atoms with Gasteiger partial charge in [-0.2, -0.15) is 0 Å². The minimum atomic E-state index is 0.956. The Morgan fingerprint density at radius 2 is 1.37 bits per heavy atom. The van der Waals surface area contributed by atoms with Crippen molar-refractivity contribution in [3.05, 3.63) is 151 Å². The number of hydrogen-bond donors (Lipinski definition) is 0. The first-order chi connectivity index (χ1) is 17.2. The Balaban J connectivity index is 0.00000167. The van der Waals surface area contributed by atoms with Crippen LogP contribution in [0.1, 0.15) is 19.4 Å². The highest BCUT2D eigenvalue weighted by molar-refractivity contribution is 6.01. The number of fused-ring (bicyclic) bond motifs is 1. The van der Waals surface area contributed by atoms with E-state index in [1.807, 2.05) is 50.3 Å². The van der Waals surface area contributed by atoms with E-state index in [1.54, 1.807) is 6.08 Å². The summed E-state index contributed by atoms with van der Waals surface area (Å²) in [5.41, 5.74) is 5.23. The number of rotatable bonds is 7. The molecule has 0 bridgehead atoms. The molecule has 0 unspecified atom stereocenters. The first kappa shape index (κ1) is 25.3. The molecule has 4 aromatic rings. The molecule has 0 saturated carbocycles. The lowest BCUT2D eigenvalue weighted by molar-refractivity contribution is 1.30. The zero-order chi connectivity index (χ0) is 25.2. The minimum absolute atomic E-state index is 0.956. The van der Waals surface area contributed by atoms with Gasteiger partial charge >= 0.3 is 0 Å². The van der Waals surface area contributed by atoms with Crippen LogP contribution in [0, 0.1) is 0 Å². The predicted octanol–water partition coefficient (Wildman–Crippen LogP) is 8.16. The Hall–Kier alpha value is -4.36. The van der Waals surface area contributed by atoms with Crippen LogP contribution in [0.5, 0.6) is 0 Å². The van der Waals surface area contributed by atoms with Gasteiger partial charge < -0.3 is 4.90 Å². The molecular weight excluding hydrogens is 422 g/mol. The molecule has 0 aliphatic heterocycles. The van der Waals surface area contributed by atoms with Crippen LogP contribution in [0.25, 0.3) is 28.6 Å². The van der Waals surface area contributed by atoms with E-state index in [9.17, 15) is 0 Å². The monoisotopic (exact) mass is 455 g/mol. The molecule has 1 nitrogen and oxygen atoms in total. The summed E-state index contributed by atoms with van der Waals surface area (Å²) < 4.78 is 0. The van der Waals surface area contributed by atoms with Gasteiger partial charge in [0.25, 0.3) is 0 Å². The fourth-order valence-corrected chi connectivity index (χ4v) is 4.12. The molecule has 0 aliphatic carbocycles. The van der Waals surface area contributed by atoms with Crippen molar-refractivity contribution in [1.82, 2.24) is 0 Å². The summed E-state index contributed by atoms with van der Waals surface area (Å²) in [5.74, 6) is 0. The molecule has 4 rings (SSSR count). The maximum atomic E-state index is 4.27. The van der Waals surface area contributed by atoms with Crippen molar-refractivity contribution in [2.45, 2.75) is 13.8 Å². The third-order valence-electron chi connectivity index (χ3n) is 5.71. The Morgan fingerprint density at radius 3 is 2.03 bits per heavy atom. The van der Waals surface area contributed by atoms with E-state index in [0.29, 0.717) is 0 Å². The standard InChI is InChI=1S/C32H27N.C2H6/c1-5-13-25(6-2)26-20-22-28(23-21-26)33(31(7-3)29-17-10-8-14-24(29)4)32-19-12-16-27-15-9-11-18-30(27)32;1-2/h5-23H,1-4H2;1-2H3/b25-13+,31-29+;. The van der Waals surface area contributed by atoms with Crippen molar-refractivity contribution in [3.63, 3.8) is 0 Å². The molecule has 4 aromatic carbocycles. The molecule has 0 fully saturated rings. The van der Waals surface area contributed by atoms with E-state index in [1.165, 1.54) is 10.8 Å². The van der Waals surface area contributed by atoms with E-state index in [4.69, 9.17) is 0 Å². The molecule has 0 aliphatic rings. The van der Waals surface area contributed by atoms with Crippen LogP contribution in [-0.4, -0.2) is 0 Å². The van der Waals surface area contributed by atoms with E-state index < -0.39 is 0 Å². The van der Waals surface area contributed by atoms with Crippen LogP contribution in [0.3, 0.4) is 0 Å². The van der Waals surface area contributed by atoms with Gasteiger partial charge in [-0.25, -0.2) is 0 Å². The Kier molecular flexibility index (Phi) is 8.81. The van der Waals surface area contributed by atoms with Gasteiger partial charge in [-0.05, 0) is 46.0 Å². The maximum absolute atomic E-state index is 4.27. The van der Waals surface area contributed by atoms with Gasteiger partial charge in [0.2, 0.25) is 0 Å². The third-order valence-corrected chi connectivity index (χ3v) is 5.71. The summed E-state index contributed by atoms with van der Waals surface area (Å²) >= 11 is 0. The number of anilines is 2. The summed E-state index contributed by atoms with van der Waals surface area (Å²) in [6.07, 6.45) is 7.50. The molecule has 0 spiro atoms. The Bertz CT molecular complexity index is 1460. The molecule has 0 radical (unpaired) electrons. The minimum Gasteiger partial charge on any atom is -0.309 e. The lowest BCUT2D eigenvalue weighted by Crippen LogP contribution is -2.31. The van der Waals surface area contributed by atoms with E-state index in [0.717, 1.165) is 38.6 Å². The zero-order valence-corrected chi connectivity index (χ0v) is 20.7. The average Bonchev–Trinajstić information content (AvgIpc) is 2.92. The highest BCUT2D eigenvalue weighted by Gasteiger charge is 2.16. The molecule has 174 valence electrons. The van der Waals surface area contributed by atoms with Crippen LogP contribution >= 0.6 is 0 Å². The van der Waals surface area contributed by atoms with Crippen LogP contribution in [0.15, 0.2) is 135 Å². The molecule has 0 heterocycles. The highest BCUT2D eigenvalue weighted by atomic mass is 15.1. The van der Waals surface area contributed by atoms with Crippen molar-refractivity contribution in [2.75, 3.05) is 4.90 Å². The lowest BCUT2D eigenvalue weighted by Gasteiger charge is -2.28. The Morgan fingerprint density at radius 1 is 0.714 bits per heavy atom. The summed E-state index contributed by atoms with van der Waals surface area (Å²) in [5, 5.41) is 4.36.